The van der Waals surface area contributed by atoms with Crippen LogP contribution in [0.2, 0.25) is 0 Å². The van der Waals surface area contributed by atoms with Crippen LogP contribution in [0.5, 0.6) is 0 Å². The van der Waals surface area contributed by atoms with Crippen LogP contribution in [-0.2, 0) is 11.3 Å². The Bertz CT molecular complexity index is 546. The molecular formula is C15H20N2OS2. The Morgan fingerprint density at radius 1 is 1.30 bits per heavy atom. The summed E-state index contributed by atoms with van der Waals surface area (Å²) in [5.41, 5.74) is 1.26. The summed E-state index contributed by atoms with van der Waals surface area (Å²) in [7, 11) is 0. The molecule has 2 heterocycles. The van der Waals surface area contributed by atoms with Crippen molar-refractivity contribution in [1.82, 2.24) is 10.6 Å². The summed E-state index contributed by atoms with van der Waals surface area (Å²) in [6.07, 6.45) is 0. The summed E-state index contributed by atoms with van der Waals surface area (Å²) in [5, 5.41) is 10.4. The number of nitrogens with one attached hydrogen (secondary N) is 2. The highest BCUT2D eigenvalue weighted by atomic mass is 32.1. The van der Waals surface area contributed by atoms with Gasteiger partial charge in [-0.2, -0.15) is 0 Å². The average molecular weight is 308 g/mol. The van der Waals surface area contributed by atoms with E-state index in [0.717, 1.165) is 6.54 Å². The van der Waals surface area contributed by atoms with Crippen molar-refractivity contribution in [1.29, 1.82) is 0 Å². The van der Waals surface area contributed by atoms with Crippen LogP contribution in [0.15, 0.2) is 29.0 Å². The van der Waals surface area contributed by atoms with Crippen LogP contribution in [-0.4, -0.2) is 18.0 Å². The number of amides is 1. The molecule has 0 aliphatic heterocycles. The highest BCUT2D eigenvalue weighted by molar-refractivity contribution is 7.14. The number of carbonyl (C=O) groups excluding carboxylic acids is 1. The molecule has 0 saturated heterocycles. The van der Waals surface area contributed by atoms with Crippen molar-refractivity contribution >= 4 is 28.6 Å². The fraction of sp³-hybridized carbons (Fsp3) is 0.400. The van der Waals surface area contributed by atoms with E-state index in [0.29, 0.717) is 0 Å². The fourth-order valence-electron chi connectivity index (χ4n) is 1.80. The minimum atomic E-state index is -0.176. The second-order valence-electron chi connectivity index (χ2n) is 5.04. The van der Waals surface area contributed by atoms with Gasteiger partial charge >= 0.3 is 0 Å². The summed E-state index contributed by atoms with van der Waals surface area (Å²) in [6, 6.07) is 6.39. The molecule has 2 rings (SSSR count). The van der Waals surface area contributed by atoms with E-state index in [1.54, 1.807) is 22.7 Å². The number of thiophene rings is 2. The minimum Gasteiger partial charge on any atom is -0.353 e. The summed E-state index contributed by atoms with van der Waals surface area (Å²) in [4.78, 5) is 14.3. The second kappa shape index (κ2) is 7.02. The number of hydrogen-bond acceptors (Lipinski definition) is 4. The van der Waals surface area contributed by atoms with Crippen LogP contribution in [0.1, 0.15) is 25.6 Å². The van der Waals surface area contributed by atoms with Crippen molar-refractivity contribution in [3.05, 3.63) is 33.8 Å². The van der Waals surface area contributed by atoms with Crippen LogP contribution in [0.25, 0.3) is 10.4 Å². The largest absolute Gasteiger partial charge is 0.353 e. The molecule has 20 heavy (non-hydrogen) atoms. The first-order valence-corrected chi connectivity index (χ1v) is 8.47. The van der Waals surface area contributed by atoms with Gasteiger partial charge in [0, 0.05) is 27.9 Å². The van der Waals surface area contributed by atoms with E-state index in [1.165, 1.54) is 15.3 Å². The van der Waals surface area contributed by atoms with Gasteiger partial charge in [0.25, 0.3) is 0 Å². The Balaban J connectivity index is 1.87. The predicted molar refractivity (Wildman–Crippen MR) is 87.2 cm³/mol. The fourth-order valence-corrected chi connectivity index (χ4v) is 3.43. The molecular weight excluding hydrogens is 288 g/mol. The maximum Gasteiger partial charge on any atom is 0.237 e. The van der Waals surface area contributed by atoms with Gasteiger partial charge in [0.2, 0.25) is 5.91 Å². The van der Waals surface area contributed by atoms with E-state index < -0.39 is 0 Å². The average Bonchev–Trinajstić information content (AvgIpc) is 3.05. The second-order valence-corrected chi connectivity index (χ2v) is 6.99. The quantitative estimate of drug-likeness (QED) is 0.858. The highest BCUT2D eigenvalue weighted by Crippen LogP contribution is 2.29. The van der Waals surface area contributed by atoms with E-state index in [2.05, 4.69) is 39.6 Å². The molecule has 3 nitrogen and oxygen atoms in total. The molecule has 5 heteroatoms. The van der Waals surface area contributed by atoms with Crippen LogP contribution in [0.3, 0.4) is 0 Å². The Labute approximate surface area is 128 Å². The van der Waals surface area contributed by atoms with Gasteiger partial charge in [-0.1, -0.05) is 6.07 Å². The molecule has 2 aromatic heterocycles. The zero-order valence-electron chi connectivity index (χ0n) is 12.0. The Hall–Kier alpha value is -1.17. The Kier molecular flexibility index (Phi) is 5.34. The lowest BCUT2D eigenvalue weighted by atomic mass is 10.2. The monoisotopic (exact) mass is 308 g/mol. The topological polar surface area (TPSA) is 41.1 Å². The number of hydrogen-bond donors (Lipinski definition) is 2. The van der Waals surface area contributed by atoms with Gasteiger partial charge < -0.3 is 10.6 Å². The van der Waals surface area contributed by atoms with E-state index in [1.807, 2.05) is 20.8 Å². The molecule has 0 saturated carbocycles. The van der Waals surface area contributed by atoms with Crippen LogP contribution in [0, 0.1) is 0 Å². The van der Waals surface area contributed by atoms with Gasteiger partial charge in [-0.25, -0.2) is 0 Å². The molecule has 108 valence electrons. The first-order chi connectivity index (χ1) is 9.56. The SMILES string of the molecule is CC(C)NC(=O)C(C)NCc1cc(-c2cccs2)cs1. The van der Waals surface area contributed by atoms with E-state index in [-0.39, 0.29) is 18.0 Å². The number of rotatable bonds is 6. The molecule has 0 fully saturated rings. The van der Waals surface area contributed by atoms with Crippen LogP contribution in [0.4, 0.5) is 0 Å². The van der Waals surface area contributed by atoms with Gasteiger partial charge in [-0.3, -0.25) is 4.79 Å². The molecule has 0 aliphatic rings. The standard InChI is InChI=1S/C15H20N2OS2/c1-10(2)17-15(18)11(3)16-8-13-7-12(9-20-13)14-5-4-6-19-14/h4-7,9-11,16H,8H2,1-3H3,(H,17,18). The highest BCUT2D eigenvalue weighted by Gasteiger charge is 2.13. The van der Waals surface area contributed by atoms with Gasteiger partial charge in [0.1, 0.15) is 0 Å². The molecule has 0 bridgehead atoms. The zero-order chi connectivity index (χ0) is 14.5. The van der Waals surface area contributed by atoms with Crippen LogP contribution >= 0.6 is 22.7 Å². The molecule has 1 amide bonds. The van der Waals surface area contributed by atoms with E-state index >= 15 is 0 Å². The summed E-state index contributed by atoms with van der Waals surface area (Å²) in [6.45, 7) is 6.56. The lowest BCUT2D eigenvalue weighted by molar-refractivity contribution is -0.123. The van der Waals surface area contributed by atoms with Crippen molar-refractivity contribution in [2.45, 2.75) is 39.4 Å². The first-order valence-electron chi connectivity index (χ1n) is 6.71. The van der Waals surface area contributed by atoms with Crippen molar-refractivity contribution in [2.24, 2.45) is 0 Å². The van der Waals surface area contributed by atoms with Crippen LogP contribution < -0.4 is 10.6 Å². The molecule has 0 radical (unpaired) electrons. The van der Waals surface area contributed by atoms with Gasteiger partial charge in [0.05, 0.1) is 6.04 Å². The molecule has 1 atom stereocenters. The maximum atomic E-state index is 11.8. The smallest absolute Gasteiger partial charge is 0.237 e. The third-order valence-corrected chi connectivity index (χ3v) is 4.72. The minimum absolute atomic E-state index is 0.0510. The zero-order valence-corrected chi connectivity index (χ0v) is 13.6. The van der Waals surface area contributed by atoms with E-state index in [4.69, 9.17) is 0 Å². The molecule has 1 unspecified atom stereocenters. The van der Waals surface area contributed by atoms with Gasteiger partial charge in [0.15, 0.2) is 0 Å². The predicted octanol–water partition coefficient (Wildman–Crippen LogP) is 3.48. The number of carbonyl (C=O) groups is 1. The van der Waals surface area contributed by atoms with Crippen molar-refractivity contribution in [3.63, 3.8) is 0 Å². The van der Waals surface area contributed by atoms with Gasteiger partial charge in [-0.15, -0.1) is 22.7 Å². The molecule has 2 N–H and O–H groups in total. The first kappa shape index (κ1) is 15.2. The molecule has 0 aromatic carbocycles. The summed E-state index contributed by atoms with van der Waals surface area (Å²) < 4.78 is 0. The Morgan fingerprint density at radius 2 is 2.10 bits per heavy atom. The lowest BCUT2D eigenvalue weighted by Crippen LogP contribution is -2.44. The molecule has 0 spiro atoms. The van der Waals surface area contributed by atoms with Crippen molar-refractivity contribution in [3.8, 4) is 10.4 Å². The molecule has 2 aromatic rings. The van der Waals surface area contributed by atoms with Crippen molar-refractivity contribution < 1.29 is 4.79 Å². The molecule has 0 aliphatic carbocycles. The summed E-state index contributed by atoms with van der Waals surface area (Å²) >= 11 is 3.48. The maximum absolute atomic E-state index is 11.8. The normalized spacial score (nSPS) is 12.6. The van der Waals surface area contributed by atoms with E-state index in [9.17, 15) is 4.79 Å². The Morgan fingerprint density at radius 3 is 2.75 bits per heavy atom. The van der Waals surface area contributed by atoms with Crippen molar-refractivity contribution in [2.75, 3.05) is 0 Å². The summed E-state index contributed by atoms with van der Waals surface area (Å²) in [5.74, 6) is 0.0510. The third kappa shape index (κ3) is 4.16. The lowest BCUT2D eigenvalue weighted by Gasteiger charge is -2.15. The third-order valence-electron chi connectivity index (χ3n) is 2.87. The van der Waals surface area contributed by atoms with Gasteiger partial charge in [-0.05, 0) is 43.7 Å².